The Balaban J connectivity index is 1.50. The number of ether oxygens (including phenoxy) is 2. The molecule has 0 aliphatic carbocycles. The number of nitrogens with zero attached hydrogens (tertiary/aromatic N) is 3. The molecule has 1 fully saturated rings. The number of carbonyl (C=O) groups excluding carboxylic acids is 1. The third-order valence-electron chi connectivity index (χ3n) is 4.87. The highest BCUT2D eigenvalue weighted by Gasteiger charge is 2.29. The molecule has 1 amide bonds. The highest BCUT2D eigenvalue weighted by molar-refractivity contribution is 7.13. The molecule has 0 bridgehead atoms. The molecule has 0 N–H and O–H groups in total. The summed E-state index contributed by atoms with van der Waals surface area (Å²) >= 11 is 1.57. The molecule has 1 aliphatic heterocycles. The van der Waals surface area contributed by atoms with Gasteiger partial charge in [0, 0.05) is 18.7 Å². The lowest BCUT2D eigenvalue weighted by molar-refractivity contribution is 0.0695. The van der Waals surface area contributed by atoms with E-state index in [1.807, 2.05) is 22.4 Å². The molecular formula is C20H21N3O4S. The summed E-state index contributed by atoms with van der Waals surface area (Å²) < 4.78 is 16.1. The van der Waals surface area contributed by atoms with Crippen LogP contribution in [0.15, 0.2) is 40.2 Å². The molecule has 28 heavy (non-hydrogen) atoms. The summed E-state index contributed by atoms with van der Waals surface area (Å²) in [5.41, 5.74) is 0.572. The second kappa shape index (κ2) is 8.02. The Labute approximate surface area is 166 Å². The Hall–Kier alpha value is -2.87. The molecule has 4 rings (SSSR count). The summed E-state index contributed by atoms with van der Waals surface area (Å²) in [6.07, 6.45) is 1.81. The molecule has 1 aromatic carbocycles. The van der Waals surface area contributed by atoms with Crippen molar-refractivity contribution in [2.24, 2.45) is 0 Å². The number of amides is 1. The first-order valence-corrected chi connectivity index (χ1v) is 9.96. The van der Waals surface area contributed by atoms with Gasteiger partial charge in [-0.25, -0.2) is 0 Å². The summed E-state index contributed by atoms with van der Waals surface area (Å²) in [6.45, 7) is 1.26. The fourth-order valence-electron chi connectivity index (χ4n) is 3.42. The fraction of sp³-hybridized carbons (Fsp3) is 0.350. The van der Waals surface area contributed by atoms with Crippen LogP contribution in [0.2, 0.25) is 0 Å². The van der Waals surface area contributed by atoms with Gasteiger partial charge in [-0.05, 0) is 42.5 Å². The molecule has 1 atom stereocenters. The quantitative estimate of drug-likeness (QED) is 0.649. The van der Waals surface area contributed by atoms with Crippen molar-refractivity contribution in [2.75, 3.05) is 27.3 Å². The lowest BCUT2D eigenvalue weighted by atomic mass is 9.97. The number of methoxy groups -OCH3 is 2. The van der Waals surface area contributed by atoms with Crippen molar-refractivity contribution in [1.29, 1.82) is 0 Å². The molecular weight excluding hydrogens is 378 g/mol. The maximum atomic E-state index is 13.0. The molecule has 7 nitrogen and oxygen atoms in total. The number of piperidine rings is 1. The number of benzene rings is 1. The zero-order chi connectivity index (χ0) is 19.5. The van der Waals surface area contributed by atoms with Crippen LogP contribution in [0.3, 0.4) is 0 Å². The van der Waals surface area contributed by atoms with Crippen LogP contribution in [-0.2, 0) is 0 Å². The van der Waals surface area contributed by atoms with E-state index in [9.17, 15) is 4.79 Å². The van der Waals surface area contributed by atoms with Gasteiger partial charge in [-0.1, -0.05) is 11.2 Å². The van der Waals surface area contributed by atoms with Gasteiger partial charge >= 0.3 is 0 Å². The van der Waals surface area contributed by atoms with Gasteiger partial charge in [0.25, 0.3) is 5.91 Å². The highest BCUT2D eigenvalue weighted by Crippen LogP contribution is 2.31. The molecule has 0 saturated carbocycles. The van der Waals surface area contributed by atoms with E-state index in [2.05, 4.69) is 10.1 Å². The zero-order valence-corrected chi connectivity index (χ0v) is 16.6. The Kier molecular flexibility index (Phi) is 5.29. The Morgan fingerprint density at radius 1 is 1.25 bits per heavy atom. The van der Waals surface area contributed by atoms with E-state index >= 15 is 0 Å². The van der Waals surface area contributed by atoms with Crippen LogP contribution >= 0.6 is 11.3 Å². The summed E-state index contributed by atoms with van der Waals surface area (Å²) in [5.74, 6) is 2.34. The minimum absolute atomic E-state index is 0.0383. The molecule has 0 unspecified atom stereocenters. The summed E-state index contributed by atoms with van der Waals surface area (Å²) in [4.78, 5) is 20.4. The van der Waals surface area contributed by atoms with Crippen LogP contribution in [0.4, 0.5) is 0 Å². The summed E-state index contributed by atoms with van der Waals surface area (Å²) in [6, 6.07) is 9.15. The smallest absolute Gasteiger partial charge is 0.254 e. The van der Waals surface area contributed by atoms with Crippen molar-refractivity contribution in [3.05, 3.63) is 47.2 Å². The van der Waals surface area contributed by atoms with Gasteiger partial charge in [0.05, 0.1) is 25.0 Å². The summed E-state index contributed by atoms with van der Waals surface area (Å²) in [7, 11) is 3.13. The number of aromatic nitrogens is 2. The second-order valence-corrected chi connectivity index (χ2v) is 7.54. The standard InChI is InChI=1S/C20H21N3O4S/c1-25-15-8-7-13(11-16(15)26-2)20(24)23-9-3-5-14(12-23)19-21-18(22-27-19)17-6-4-10-28-17/h4,6-8,10-11,14H,3,5,9,12H2,1-2H3/t14-/m0/s1. The van der Waals surface area contributed by atoms with Crippen molar-refractivity contribution in [2.45, 2.75) is 18.8 Å². The molecule has 3 aromatic rings. The third-order valence-corrected chi connectivity index (χ3v) is 5.74. The molecule has 0 spiro atoms. The van der Waals surface area contributed by atoms with Crippen molar-refractivity contribution in [3.63, 3.8) is 0 Å². The largest absolute Gasteiger partial charge is 0.493 e. The highest BCUT2D eigenvalue weighted by atomic mass is 32.1. The van der Waals surface area contributed by atoms with Crippen molar-refractivity contribution < 1.29 is 18.8 Å². The number of carbonyl (C=O) groups is 1. The monoisotopic (exact) mass is 399 g/mol. The van der Waals surface area contributed by atoms with E-state index in [-0.39, 0.29) is 11.8 Å². The van der Waals surface area contributed by atoms with Crippen molar-refractivity contribution >= 4 is 17.2 Å². The molecule has 0 radical (unpaired) electrons. The van der Waals surface area contributed by atoms with Crippen LogP contribution < -0.4 is 9.47 Å². The first kappa shape index (κ1) is 18.5. The normalized spacial score (nSPS) is 16.8. The van der Waals surface area contributed by atoms with Crippen LogP contribution in [0.25, 0.3) is 10.7 Å². The summed E-state index contributed by atoms with van der Waals surface area (Å²) in [5, 5.41) is 6.08. The minimum Gasteiger partial charge on any atom is -0.493 e. The van der Waals surface area contributed by atoms with E-state index in [1.165, 1.54) is 0 Å². The molecule has 1 aliphatic rings. The first-order chi connectivity index (χ1) is 13.7. The molecule has 8 heteroatoms. The van der Waals surface area contributed by atoms with E-state index in [0.717, 1.165) is 17.7 Å². The third kappa shape index (κ3) is 3.60. The molecule has 146 valence electrons. The van der Waals surface area contributed by atoms with E-state index in [1.54, 1.807) is 43.8 Å². The van der Waals surface area contributed by atoms with Gasteiger partial charge < -0.3 is 18.9 Å². The second-order valence-electron chi connectivity index (χ2n) is 6.59. The van der Waals surface area contributed by atoms with Crippen LogP contribution in [-0.4, -0.2) is 48.3 Å². The van der Waals surface area contributed by atoms with Crippen LogP contribution in [0.5, 0.6) is 11.5 Å². The van der Waals surface area contributed by atoms with Gasteiger partial charge in [-0.3, -0.25) is 4.79 Å². The van der Waals surface area contributed by atoms with E-state index in [4.69, 9.17) is 14.0 Å². The number of likely N-dealkylation sites (tertiary alicyclic amines) is 1. The minimum atomic E-state index is -0.0383. The number of hydrogen-bond donors (Lipinski definition) is 0. The maximum absolute atomic E-state index is 13.0. The Morgan fingerprint density at radius 2 is 2.11 bits per heavy atom. The average Bonchev–Trinajstić information content (AvgIpc) is 3.44. The van der Waals surface area contributed by atoms with E-state index < -0.39 is 0 Å². The van der Waals surface area contributed by atoms with Gasteiger partial charge in [-0.15, -0.1) is 11.3 Å². The van der Waals surface area contributed by atoms with Gasteiger partial charge in [0.1, 0.15) is 0 Å². The molecule has 3 heterocycles. The number of hydrogen-bond acceptors (Lipinski definition) is 7. The SMILES string of the molecule is COc1ccc(C(=O)N2CCC[C@H](c3nc(-c4cccs4)no3)C2)cc1OC. The lowest BCUT2D eigenvalue weighted by Crippen LogP contribution is -2.39. The number of rotatable bonds is 5. The predicted molar refractivity (Wildman–Crippen MR) is 105 cm³/mol. The van der Waals surface area contributed by atoms with Crippen LogP contribution in [0, 0.1) is 0 Å². The number of thiophene rings is 1. The van der Waals surface area contributed by atoms with Crippen LogP contribution in [0.1, 0.15) is 35.0 Å². The van der Waals surface area contributed by atoms with Crippen molar-refractivity contribution in [3.8, 4) is 22.2 Å². The Bertz CT molecular complexity index is 954. The van der Waals surface area contributed by atoms with Gasteiger partial charge in [0.2, 0.25) is 11.7 Å². The zero-order valence-electron chi connectivity index (χ0n) is 15.8. The average molecular weight is 399 g/mol. The van der Waals surface area contributed by atoms with Gasteiger partial charge in [0.15, 0.2) is 11.5 Å². The molecule has 2 aromatic heterocycles. The predicted octanol–water partition coefficient (Wildman–Crippen LogP) is 3.84. The first-order valence-electron chi connectivity index (χ1n) is 9.08. The fourth-order valence-corrected chi connectivity index (χ4v) is 4.07. The topological polar surface area (TPSA) is 77.7 Å². The van der Waals surface area contributed by atoms with E-state index in [0.29, 0.717) is 41.9 Å². The molecule has 1 saturated heterocycles. The Morgan fingerprint density at radius 3 is 2.86 bits per heavy atom. The van der Waals surface area contributed by atoms with Gasteiger partial charge in [-0.2, -0.15) is 4.98 Å². The van der Waals surface area contributed by atoms with Crippen molar-refractivity contribution in [1.82, 2.24) is 15.0 Å². The maximum Gasteiger partial charge on any atom is 0.254 e. The lowest BCUT2D eigenvalue weighted by Gasteiger charge is -2.31.